The van der Waals surface area contributed by atoms with Gasteiger partial charge in [0.1, 0.15) is 5.78 Å². The molecule has 0 aliphatic heterocycles. The average molecular weight is 255 g/mol. The van der Waals surface area contributed by atoms with Gasteiger partial charge in [-0.25, -0.2) is 0 Å². The van der Waals surface area contributed by atoms with Crippen molar-refractivity contribution in [3.8, 4) is 0 Å². The molecule has 18 heavy (non-hydrogen) atoms. The zero-order valence-corrected chi connectivity index (χ0v) is 12.9. The molecule has 2 atom stereocenters. The number of ketones is 1. The Labute approximate surface area is 114 Å². The van der Waals surface area contributed by atoms with Crippen molar-refractivity contribution in [3.63, 3.8) is 0 Å². The lowest BCUT2D eigenvalue weighted by Gasteiger charge is -2.18. The summed E-state index contributed by atoms with van der Waals surface area (Å²) < 4.78 is 0. The molecular weight excluding hydrogens is 222 g/mol. The Morgan fingerprint density at radius 1 is 1.11 bits per heavy atom. The molecule has 0 saturated carbocycles. The molecule has 2 nitrogen and oxygen atoms in total. The molecule has 0 saturated heterocycles. The lowest BCUT2D eigenvalue weighted by Crippen LogP contribution is -2.21. The van der Waals surface area contributed by atoms with Crippen molar-refractivity contribution in [1.82, 2.24) is 0 Å². The molecule has 0 aromatic carbocycles. The maximum atomic E-state index is 12.1. The smallest absolute Gasteiger partial charge is 0.133 e. The normalized spacial score (nSPS) is 14.8. The average Bonchev–Trinajstić information content (AvgIpc) is 2.32. The summed E-state index contributed by atoms with van der Waals surface area (Å²) in [6.45, 7) is 9.45. The molecular formula is C16H33NO. The van der Waals surface area contributed by atoms with Crippen LogP contribution >= 0.6 is 0 Å². The maximum absolute atomic E-state index is 12.1. The number of carbonyl (C=O) groups excluding carboxylic acids is 1. The monoisotopic (exact) mass is 255 g/mol. The summed E-state index contributed by atoms with van der Waals surface area (Å²) >= 11 is 0. The van der Waals surface area contributed by atoms with Gasteiger partial charge < -0.3 is 5.73 Å². The number of Topliss-reactive ketones (excluding diaryl/α,β-unsaturated/α-hetero) is 1. The van der Waals surface area contributed by atoms with Gasteiger partial charge in [-0.3, -0.25) is 4.79 Å². The van der Waals surface area contributed by atoms with E-state index < -0.39 is 0 Å². The number of hydrogen-bond donors (Lipinski definition) is 1. The van der Waals surface area contributed by atoms with Crippen LogP contribution in [0, 0.1) is 17.8 Å². The fourth-order valence-corrected chi connectivity index (χ4v) is 2.60. The van der Waals surface area contributed by atoms with Gasteiger partial charge in [0, 0.05) is 12.8 Å². The van der Waals surface area contributed by atoms with E-state index in [1.807, 2.05) is 0 Å². The third-order valence-electron chi connectivity index (χ3n) is 3.71. The van der Waals surface area contributed by atoms with Crippen molar-refractivity contribution < 1.29 is 4.79 Å². The summed E-state index contributed by atoms with van der Waals surface area (Å²) in [7, 11) is 0. The molecule has 0 spiro atoms. The molecule has 0 aromatic heterocycles. The summed E-state index contributed by atoms with van der Waals surface area (Å²) in [5.74, 6) is 2.04. The van der Waals surface area contributed by atoms with Crippen LogP contribution in [-0.4, -0.2) is 12.3 Å². The van der Waals surface area contributed by atoms with Crippen LogP contribution in [0.2, 0.25) is 0 Å². The summed E-state index contributed by atoms with van der Waals surface area (Å²) in [5, 5.41) is 0. The molecule has 0 amide bonds. The molecule has 0 rings (SSSR count). The molecule has 0 heterocycles. The van der Waals surface area contributed by atoms with Crippen molar-refractivity contribution in [2.75, 3.05) is 6.54 Å². The molecule has 0 aliphatic carbocycles. The third kappa shape index (κ3) is 8.68. The number of hydrogen-bond acceptors (Lipinski definition) is 2. The third-order valence-corrected chi connectivity index (χ3v) is 3.71. The minimum atomic E-state index is 0.390. The second-order valence-electron chi connectivity index (χ2n) is 6.09. The molecule has 2 N–H and O–H groups in total. The molecule has 0 radical (unpaired) electrons. The molecule has 0 aliphatic rings. The minimum absolute atomic E-state index is 0.390. The number of nitrogens with two attached hydrogens (primary N) is 1. The van der Waals surface area contributed by atoms with Gasteiger partial charge in [-0.15, -0.1) is 0 Å². The highest BCUT2D eigenvalue weighted by Gasteiger charge is 2.17. The Balaban J connectivity index is 4.04. The van der Waals surface area contributed by atoms with Gasteiger partial charge in [0.15, 0.2) is 0 Å². The highest BCUT2D eigenvalue weighted by molar-refractivity contribution is 5.78. The number of rotatable bonds is 11. The quantitative estimate of drug-likeness (QED) is 0.602. The summed E-state index contributed by atoms with van der Waals surface area (Å²) in [4.78, 5) is 12.1. The molecule has 0 aromatic rings. The standard InChI is InChI=1S/C16H33NO/c1-5-7-8-14(6-2)10-16(18)11-15(12-17)9-13(3)4/h13-15H,5-12,17H2,1-4H3. The Bertz CT molecular complexity index is 213. The first-order chi connectivity index (χ1) is 8.53. The minimum Gasteiger partial charge on any atom is -0.330 e. The summed E-state index contributed by atoms with van der Waals surface area (Å²) in [5.41, 5.74) is 5.76. The Hall–Kier alpha value is -0.370. The van der Waals surface area contributed by atoms with E-state index in [1.54, 1.807) is 0 Å². The zero-order valence-electron chi connectivity index (χ0n) is 12.9. The predicted molar refractivity (Wildman–Crippen MR) is 79.5 cm³/mol. The second-order valence-corrected chi connectivity index (χ2v) is 6.09. The van der Waals surface area contributed by atoms with E-state index in [2.05, 4.69) is 27.7 Å². The fraction of sp³-hybridized carbons (Fsp3) is 0.938. The van der Waals surface area contributed by atoms with Gasteiger partial charge in [0.2, 0.25) is 0 Å². The van der Waals surface area contributed by atoms with E-state index in [1.165, 1.54) is 19.3 Å². The predicted octanol–water partition coefficient (Wildman–Crippen LogP) is 4.17. The Kier molecular flexibility index (Phi) is 10.3. The maximum Gasteiger partial charge on any atom is 0.133 e. The van der Waals surface area contributed by atoms with Gasteiger partial charge in [-0.05, 0) is 30.7 Å². The van der Waals surface area contributed by atoms with E-state index >= 15 is 0 Å². The molecule has 108 valence electrons. The fourth-order valence-electron chi connectivity index (χ4n) is 2.60. The van der Waals surface area contributed by atoms with Crippen LogP contribution in [0.5, 0.6) is 0 Å². The largest absolute Gasteiger partial charge is 0.330 e. The van der Waals surface area contributed by atoms with Gasteiger partial charge in [0.05, 0.1) is 0 Å². The van der Waals surface area contributed by atoms with Crippen LogP contribution < -0.4 is 5.73 Å². The second kappa shape index (κ2) is 10.5. The van der Waals surface area contributed by atoms with Crippen molar-refractivity contribution in [2.45, 2.75) is 72.6 Å². The zero-order chi connectivity index (χ0) is 14.0. The van der Waals surface area contributed by atoms with Gasteiger partial charge in [0.25, 0.3) is 0 Å². The highest BCUT2D eigenvalue weighted by atomic mass is 16.1. The van der Waals surface area contributed by atoms with E-state index in [0.29, 0.717) is 36.5 Å². The van der Waals surface area contributed by atoms with E-state index in [9.17, 15) is 4.79 Å². The molecule has 2 heteroatoms. The van der Waals surface area contributed by atoms with Crippen LogP contribution in [0.15, 0.2) is 0 Å². The number of unbranched alkanes of at least 4 members (excludes halogenated alkanes) is 1. The van der Waals surface area contributed by atoms with Crippen LogP contribution in [0.25, 0.3) is 0 Å². The van der Waals surface area contributed by atoms with Crippen molar-refractivity contribution >= 4 is 5.78 Å². The van der Waals surface area contributed by atoms with Crippen molar-refractivity contribution in [1.29, 1.82) is 0 Å². The van der Waals surface area contributed by atoms with Crippen LogP contribution in [0.4, 0.5) is 0 Å². The summed E-state index contributed by atoms with van der Waals surface area (Å²) in [6.07, 6.45) is 7.34. The Morgan fingerprint density at radius 3 is 2.17 bits per heavy atom. The van der Waals surface area contributed by atoms with Crippen molar-refractivity contribution in [3.05, 3.63) is 0 Å². The topological polar surface area (TPSA) is 43.1 Å². The van der Waals surface area contributed by atoms with Crippen LogP contribution in [0.1, 0.15) is 72.6 Å². The van der Waals surface area contributed by atoms with Gasteiger partial charge in [-0.2, -0.15) is 0 Å². The lowest BCUT2D eigenvalue weighted by molar-refractivity contribution is -0.121. The highest BCUT2D eigenvalue weighted by Crippen LogP contribution is 2.21. The first kappa shape index (κ1) is 17.6. The van der Waals surface area contributed by atoms with E-state index in [4.69, 9.17) is 5.73 Å². The van der Waals surface area contributed by atoms with Gasteiger partial charge >= 0.3 is 0 Å². The Morgan fingerprint density at radius 2 is 1.72 bits per heavy atom. The van der Waals surface area contributed by atoms with Crippen LogP contribution in [-0.2, 0) is 4.79 Å². The van der Waals surface area contributed by atoms with E-state index in [-0.39, 0.29) is 0 Å². The van der Waals surface area contributed by atoms with Crippen LogP contribution in [0.3, 0.4) is 0 Å². The SMILES string of the molecule is CCCCC(CC)CC(=O)CC(CN)CC(C)C. The first-order valence-electron chi connectivity index (χ1n) is 7.75. The molecule has 0 fully saturated rings. The first-order valence-corrected chi connectivity index (χ1v) is 7.75. The van der Waals surface area contributed by atoms with Gasteiger partial charge in [-0.1, -0.05) is 53.4 Å². The number of carbonyl (C=O) groups is 1. The molecule has 0 bridgehead atoms. The van der Waals surface area contributed by atoms with Crippen molar-refractivity contribution in [2.24, 2.45) is 23.5 Å². The molecule has 2 unspecified atom stereocenters. The van der Waals surface area contributed by atoms with E-state index in [0.717, 1.165) is 19.3 Å². The lowest BCUT2D eigenvalue weighted by atomic mass is 9.87. The summed E-state index contributed by atoms with van der Waals surface area (Å²) in [6, 6.07) is 0.